The van der Waals surface area contributed by atoms with Gasteiger partial charge in [-0.15, -0.1) is 0 Å². The van der Waals surface area contributed by atoms with Crippen LogP contribution in [-0.4, -0.2) is 37.0 Å². The molecular weight excluding hydrogens is 369 g/mol. The number of nitrogen functional groups attached to an aromatic ring is 1. The summed E-state index contributed by atoms with van der Waals surface area (Å²) in [5, 5.41) is 0. The number of hydrogen-bond donors (Lipinski definition) is 1. The summed E-state index contributed by atoms with van der Waals surface area (Å²) in [5.41, 5.74) is 6.54. The molecule has 1 aliphatic rings. The molecule has 8 heteroatoms. The molecule has 18 heavy (non-hydrogen) atoms. The van der Waals surface area contributed by atoms with Gasteiger partial charge in [-0.1, -0.05) is 0 Å². The molecule has 0 radical (unpaired) electrons. The number of anilines is 1. The molecule has 2 rings (SSSR count). The van der Waals surface area contributed by atoms with Crippen LogP contribution in [0.3, 0.4) is 0 Å². The maximum absolute atomic E-state index is 11.5. The summed E-state index contributed by atoms with van der Waals surface area (Å²) >= 11 is 2.07. The number of nitrogens with two attached hydrogens (primary N) is 1. The van der Waals surface area contributed by atoms with Gasteiger partial charge < -0.3 is 10.5 Å². The van der Waals surface area contributed by atoms with E-state index in [0.29, 0.717) is 30.4 Å². The van der Waals surface area contributed by atoms with E-state index in [1.54, 1.807) is 7.11 Å². The van der Waals surface area contributed by atoms with E-state index in [-0.39, 0.29) is 17.4 Å². The first-order chi connectivity index (χ1) is 8.43. The average Bonchev–Trinajstić information content (AvgIpc) is 2.65. The van der Waals surface area contributed by atoms with E-state index >= 15 is 0 Å². The Morgan fingerprint density at radius 2 is 2.22 bits per heavy atom. The van der Waals surface area contributed by atoms with Crippen molar-refractivity contribution in [2.75, 3.05) is 24.3 Å². The molecular formula is C10H14IN3O3S. The summed E-state index contributed by atoms with van der Waals surface area (Å²) in [4.78, 5) is 8.58. The normalized spacial score (nSPS) is 22.2. The van der Waals surface area contributed by atoms with Gasteiger partial charge in [-0.05, 0) is 29.0 Å². The highest BCUT2D eigenvalue weighted by atomic mass is 127. The summed E-state index contributed by atoms with van der Waals surface area (Å²) in [6.45, 7) is 0.345. The second-order valence-electron chi connectivity index (χ2n) is 4.26. The molecule has 0 saturated carbocycles. The molecule has 1 aromatic rings. The van der Waals surface area contributed by atoms with E-state index in [0.717, 1.165) is 3.57 Å². The van der Waals surface area contributed by atoms with Crippen molar-refractivity contribution < 1.29 is 13.2 Å². The number of methoxy groups -OCH3 is 1. The third kappa shape index (κ3) is 2.91. The Kier molecular flexibility index (Phi) is 4.07. The van der Waals surface area contributed by atoms with Gasteiger partial charge in [0, 0.05) is 13.0 Å². The number of ether oxygens (including phenoxy) is 1. The smallest absolute Gasteiger partial charge is 0.151 e. The van der Waals surface area contributed by atoms with E-state index in [1.807, 2.05) is 0 Å². The zero-order chi connectivity index (χ0) is 13.3. The van der Waals surface area contributed by atoms with Crippen molar-refractivity contribution in [2.45, 2.75) is 18.9 Å². The van der Waals surface area contributed by atoms with Crippen LogP contribution in [-0.2, 0) is 21.2 Å². The van der Waals surface area contributed by atoms with Crippen LogP contribution in [0.5, 0.6) is 0 Å². The van der Waals surface area contributed by atoms with Crippen LogP contribution in [0, 0.1) is 3.57 Å². The minimum Gasteiger partial charge on any atom is -0.383 e. The maximum Gasteiger partial charge on any atom is 0.151 e. The van der Waals surface area contributed by atoms with E-state index in [1.165, 1.54) is 0 Å². The molecule has 100 valence electrons. The van der Waals surface area contributed by atoms with Crippen LogP contribution in [0.25, 0.3) is 0 Å². The van der Waals surface area contributed by atoms with Crippen molar-refractivity contribution in [3.63, 3.8) is 0 Å². The number of nitrogens with zero attached hydrogens (tertiary/aromatic N) is 2. The van der Waals surface area contributed by atoms with Gasteiger partial charge in [-0.3, -0.25) is 0 Å². The quantitative estimate of drug-likeness (QED) is 0.773. The van der Waals surface area contributed by atoms with E-state index < -0.39 is 9.84 Å². The van der Waals surface area contributed by atoms with Gasteiger partial charge in [0.1, 0.15) is 11.6 Å². The topological polar surface area (TPSA) is 95.2 Å². The Morgan fingerprint density at radius 3 is 2.78 bits per heavy atom. The summed E-state index contributed by atoms with van der Waals surface area (Å²) < 4.78 is 28.7. The monoisotopic (exact) mass is 383 g/mol. The Morgan fingerprint density at radius 1 is 1.50 bits per heavy atom. The molecule has 0 amide bonds. The van der Waals surface area contributed by atoms with Crippen molar-refractivity contribution in [1.82, 2.24) is 9.97 Å². The molecule has 1 aliphatic heterocycles. The fourth-order valence-corrected chi connectivity index (χ4v) is 4.08. The Labute approximate surface area is 119 Å². The van der Waals surface area contributed by atoms with E-state index in [9.17, 15) is 8.42 Å². The zero-order valence-corrected chi connectivity index (χ0v) is 12.9. The first kappa shape index (κ1) is 13.9. The summed E-state index contributed by atoms with van der Waals surface area (Å²) in [6.07, 6.45) is 0.564. The number of aromatic nitrogens is 2. The Bertz CT molecular complexity index is 562. The van der Waals surface area contributed by atoms with Gasteiger partial charge in [0.2, 0.25) is 0 Å². The Hall–Kier alpha value is -0.480. The lowest BCUT2D eigenvalue weighted by molar-refractivity contribution is 0.180. The lowest BCUT2D eigenvalue weighted by Gasteiger charge is -2.11. The zero-order valence-electron chi connectivity index (χ0n) is 9.89. The van der Waals surface area contributed by atoms with Crippen LogP contribution in [0.4, 0.5) is 5.82 Å². The highest BCUT2D eigenvalue weighted by molar-refractivity contribution is 14.1. The van der Waals surface area contributed by atoms with Crippen LogP contribution >= 0.6 is 22.6 Å². The number of sulfone groups is 1. The average molecular weight is 383 g/mol. The molecule has 2 heterocycles. The highest BCUT2D eigenvalue weighted by Gasteiger charge is 2.31. The van der Waals surface area contributed by atoms with Gasteiger partial charge in [0.15, 0.2) is 9.84 Å². The Balaban J connectivity index is 2.34. The molecule has 0 aliphatic carbocycles. The molecule has 0 spiro atoms. The van der Waals surface area contributed by atoms with Crippen LogP contribution < -0.4 is 5.73 Å². The molecule has 0 bridgehead atoms. The van der Waals surface area contributed by atoms with E-state index in [4.69, 9.17) is 10.5 Å². The first-order valence-corrected chi connectivity index (χ1v) is 8.34. The van der Waals surface area contributed by atoms with Gasteiger partial charge in [0.05, 0.1) is 27.4 Å². The fourth-order valence-electron chi connectivity index (χ4n) is 1.95. The summed E-state index contributed by atoms with van der Waals surface area (Å²) in [6, 6.07) is 0. The van der Waals surface area contributed by atoms with Crippen molar-refractivity contribution in [1.29, 1.82) is 0 Å². The lowest BCUT2D eigenvalue weighted by Crippen LogP contribution is -2.13. The summed E-state index contributed by atoms with van der Waals surface area (Å²) in [5.74, 6) is 1.06. The molecule has 1 aromatic heterocycles. The minimum atomic E-state index is -2.95. The van der Waals surface area contributed by atoms with Gasteiger partial charge in [0.25, 0.3) is 0 Å². The van der Waals surface area contributed by atoms with Crippen LogP contribution in [0.2, 0.25) is 0 Å². The molecule has 2 N–H and O–H groups in total. The fraction of sp³-hybridized carbons (Fsp3) is 0.600. The van der Waals surface area contributed by atoms with Crippen molar-refractivity contribution in [3.8, 4) is 0 Å². The molecule has 1 saturated heterocycles. The van der Waals surface area contributed by atoms with Crippen molar-refractivity contribution in [2.24, 2.45) is 0 Å². The number of rotatable bonds is 3. The first-order valence-electron chi connectivity index (χ1n) is 5.44. The number of hydrogen-bond acceptors (Lipinski definition) is 6. The van der Waals surface area contributed by atoms with E-state index in [2.05, 4.69) is 32.6 Å². The largest absolute Gasteiger partial charge is 0.383 e. The van der Waals surface area contributed by atoms with Gasteiger partial charge in [-0.25, -0.2) is 18.4 Å². The van der Waals surface area contributed by atoms with Gasteiger partial charge >= 0.3 is 0 Å². The SMILES string of the molecule is COCc1nc(C2CCS(=O)(=O)C2)nc(N)c1I. The standard InChI is InChI=1S/C10H14IN3O3S/c1-17-4-7-8(11)9(12)14-10(13-7)6-2-3-18(15,16)5-6/h6H,2-5H2,1H3,(H2,12,13,14). The maximum atomic E-state index is 11.5. The lowest BCUT2D eigenvalue weighted by atomic mass is 10.1. The second kappa shape index (κ2) is 5.25. The van der Waals surface area contributed by atoms with Crippen molar-refractivity contribution >= 4 is 38.2 Å². The van der Waals surface area contributed by atoms with Crippen LogP contribution in [0.15, 0.2) is 0 Å². The summed E-state index contributed by atoms with van der Waals surface area (Å²) in [7, 11) is -1.37. The predicted octanol–water partition coefficient (Wildman–Crippen LogP) is 0.712. The third-order valence-electron chi connectivity index (χ3n) is 2.84. The second-order valence-corrected chi connectivity index (χ2v) is 7.57. The predicted molar refractivity (Wildman–Crippen MR) is 75.9 cm³/mol. The molecule has 1 unspecified atom stereocenters. The molecule has 0 aromatic carbocycles. The highest BCUT2D eigenvalue weighted by Crippen LogP contribution is 2.28. The molecule has 1 fully saturated rings. The number of halogens is 1. The van der Waals surface area contributed by atoms with Crippen molar-refractivity contribution in [3.05, 3.63) is 15.1 Å². The molecule has 6 nitrogen and oxygen atoms in total. The third-order valence-corrected chi connectivity index (χ3v) is 5.78. The molecule has 1 atom stereocenters. The van der Waals surface area contributed by atoms with Crippen LogP contribution in [0.1, 0.15) is 23.9 Å². The van der Waals surface area contributed by atoms with Gasteiger partial charge in [-0.2, -0.15) is 0 Å². The minimum absolute atomic E-state index is 0.111.